The van der Waals surface area contributed by atoms with Crippen molar-refractivity contribution < 1.29 is 72.2 Å². The second-order valence-electron chi connectivity index (χ2n) is 4.99. The number of aliphatic carboxylic acids is 1. The van der Waals surface area contributed by atoms with Gasteiger partial charge in [0.2, 0.25) is 0 Å². The van der Waals surface area contributed by atoms with Gasteiger partial charge in [-0.05, 0) is 33.6 Å². The predicted octanol–water partition coefficient (Wildman–Crippen LogP) is -0.337. The van der Waals surface area contributed by atoms with Crippen molar-refractivity contribution in [1.82, 2.24) is 5.32 Å². The number of carbonyl (C=O) groups excluding carboxylic acids is 1. The molecular formula is C12H24KNO4. The molecule has 0 aliphatic carbocycles. The average Bonchev–Trinajstić information content (AvgIpc) is 2.12. The first-order valence-electron chi connectivity index (χ1n) is 6.00. The number of nitrogens with one attached hydrogen (secondary N) is 1. The van der Waals surface area contributed by atoms with E-state index in [1.165, 1.54) is 0 Å². The fourth-order valence-corrected chi connectivity index (χ4v) is 1.26. The van der Waals surface area contributed by atoms with E-state index >= 15 is 0 Å². The van der Waals surface area contributed by atoms with Crippen LogP contribution >= 0.6 is 0 Å². The number of hydrogen-bond donors (Lipinski definition) is 2. The second-order valence-corrected chi connectivity index (χ2v) is 4.99. The molecule has 0 fully saturated rings. The van der Waals surface area contributed by atoms with E-state index in [2.05, 4.69) is 5.32 Å². The van der Waals surface area contributed by atoms with E-state index in [0.717, 1.165) is 19.3 Å². The molecule has 0 radical (unpaired) electrons. The number of ether oxygens (including phenoxy) is 1. The van der Waals surface area contributed by atoms with Gasteiger partial charge in [-0.25, -0.2) is 4.79 Å². The van der Waals surface area contributed by atoms with Gasteiger partial charge in [0.25, 0.3) is 0 Å². The molecule has 0 saturated heterocycles. The molecule has 0 unspecified atom stereocenters. The third-order valence-electron chi connectivity index (χ3n) is 1.99. The molecule has 0 rings (SSSR count). The van der Waals surface area contributed by atoms with E-state index in [4.69, 9.17) is 9.84 Å². The van der Waals surface area contributed by atoms with Crippen molar-refractivity contribution in [3.63, 3.8) is 0 Å². The van der Waals surface area contributed by atoms with E-state index in [9.17, 15) is 9.59 Å². The van der Waals surface area contributed by atoms with Gasteiger partial charge in [0, 0.05) is 13.0 Å². The van der Waals surface area contributed by atoms with E-state index in [1.807, 2.05) is 20.8 Å². The second kappa shape index (κ2) is 11.2. The van der Waals surface area contributed by atoms with Gasteiger partial charge in [0.1, 0.15) is 5.60 Å². The Morgan fingerprint density at radius 1 is 1.17 bits per heavy atom. The molecule has 18 heavy (non-hydrogen) atoms. The Hall–Kier alpha value is 0.376. The SMILES string of the molecule is CC(C)(C)OC(=O)NCCCCCCC(=O)O.[H-].[K+]. The summed E-state index contributed by atoms with van der Waals surface area (Å²) in [6.07, 6.45) is 3.16. The summed E-state index contributed by atoms with van der Waals surface area (Å²) in [5.74, 6) is -0.753. The predicted molar refractivity (Wildman–Crippen MR) is 66.1 cm³/mol. The number of unbranched alkanes of at least 4 members (excludes halogenated alkanes) is 3. The first-order chi connectivity index (χ1) is 7.81. The Kier molecular flexibility index (Phi) is 12.9. The number of amides is 1. The number of carbonyl (C=O) groups is 2. The van der Waals surface area contributed by atoms with Gasteiger partial charge < -0.3 is 16.6 Å². The van der Waals surface area contributed by atoms with E-state index in [-0.39, 0.29) is 59.2 Å². The van der Waals surface area contributed by atoms with Gasteiger partial charge in [-0.2, -0.15) is 0 Å². The zero-order valence-electron chi connectivity index (χ0n) is 12.9. The minimum absolute atomic E-state index is 0. The third-order valence-corrected chi connectivity index (χ3v) is 1.99. The molecule has 0 aromatic carbocycles. The van der Waals surface area contributed by atoms with Gasteiger partial charge in [0.15, 0.2) is 0 Å². The maximum absolute atomic E-state index is 11.2. The van der Waals surface area contributed by atoms with E-state index in [1.54, 1.807) is 0 Å². The molecule has 6 heteroatoms. The van der Waals surface area contributed by atoms with Crippen LogP contribution in [0.1, 0.15) is 54.3 Å². The largest absolute Gasteiger partial charge is 1.00 e. The molecule has 102 valence electrons. The minimum atomic E-state index is -0.753. The number of hydrogen-bond acceptors (Lipinski definition) is 3. The Bertz CT molecular complexity index is 257. The van der Waals surface area contributed by atoms with Crippen molar-refractivity contribution in [2.24, 2.45) is 0 Å². The summed E-state index contributed by atoms with van der Waals surface area (Å²) in [7, 11) is 0. The summed E-state index contributed by atoms with van der Waals surface area (Å²) in [5.41, 5.74) is -0.467. The molecule has 0 aliphatic rings. The van der Waals surface area contributed by atoms with Crippen LogP contribution < -0.4 is 56.7 Å². The first kappa shape index (κ1) is 20.7. The normalized spacial score (nSPS) is 10.4. The van der Waals surface area contributed by atoms with Crippen LogP contribution in [0.5, 0.6) is 0 Å². The van der Waals surface area contributed by atoms with Crippen LogP contribution in [0.15, 0.2) is 0 Å². The van der Waals surface area contributed by atoms with Gasteiger partial charge >= 0.3 is 63.4 Å². The zero-order valence-corrected chi connectivity index (χ0v) is 15.0. The molecule has 5 nitrogen and oxygen atoms in total. The summed E-state index contributed by atoms with van der Waals surface area (Å²) < 4.78 is 5.07. The van der Waals surface area contributed by atoms with Gasteiger partial charge in [-0.1, -0.05) is 12.8 Å². The van der Waals surface area contributed by atoms with Crippen LogP contribution in [-0.4, -0.2) is 29.3 Å². The van der Waals surface area contributed by atoms with Crippen molar-refractivity contribution >= 4 is 12.1 Å². The maximum atomic E-state index is 11.2. The molecule has 0 aliphatic heterocycles. The topological polar surface area (TPSA) is 75.6 Å². The van der Waals surface area contributed by atoms with Crippen LogP contribution in [-0.2, 0) is 9.53 Å². The average molecular weight is 285 g/mol. The fraction of sp³-hybridized carbons (Fsp3) is 0.833. The summed E-state index contributed by atoms with van der Waals surface area (Å²) in [4.78, 5) is 21.5. The van der Waals surface area contributed by atoms with E-state index < -0.39 is 17.7 Å². The third kappa shape index (κ3) is 16.4. The Morgan fingerprint density at radius 3 is 2.22 bits per heavy atom. The number of carboxylic acid groups (broad SMARTS) is 1. The van der Waals surface area contributed by atoms with Gasteiger partial charge in [0.05, 0.1) is 0 Å². The monoisotopic (exact) mass is 285 g/mol. The summed E-state index contributed by atoms with van der Waals surface area (Å²) in [5, 5.41) is 11.1. The van der Waals surface area contributed by atoms with E-state index in [0.29, 0.717) is 13.0 Å². The molecule has 0 bridgehead atoms. The molecule has 2 N–H and O–H groups in total. The minimum Gasteiger partial charge on any atom is -1.00 e. The van der Waals surface area contributed by atoms with Crippen molar-refractivity contribution in [2.45, 2.75) is 58.5 Å². The van der Waals surface area contributed by atoms with Crippen LogP contribution in [0.3, 0.4) is 0 Å². The molecular weight excluding hydrogens is 261 g/mol. The molecule has 0 aromatic heterocycles. The molecule has 0 atom stereocenters. The van der Waals surface area contributed by atoms with Crippen molar-refractivity contribution in [2.75, 3.05) is 6.54 Å². The van der Waals surface area contributed by atoms with Crippen LogP contribution in [0.4, 0.5) is 4.79 Å². The molecule has 0 saturated carbocycles. The van der Waals surface area contributed by atoms with Crippen molar-refractivity contribution in [3.8, 4) is 0 Å². The fourth-order valence-electron chi connectivity index (χ4n) is 1.26. The standard InChI is InChI=1S/C12H23NO4.K.H/c1-12(2,3)17-11(16)13-9-7-5-4-6-8-10(14)15;;/h4-9H2,1-3H3,(H,13,16)(H,14,15);;/q;+1;-1. The van der Waals surface area contributed by atoms with Crippen LogP contribution in [0.25, 0.3) is 0 Å². The van der Waals surface area contributed by atoms with Crippen molar-refractivity contribution in [3.05, 3.63) is 0 Å². The van der Waals surface area contributed by atoms with Crippen LogP contribution in [0, 0.1) is 0 Å². The smallest absolute Gasteiger partial charge is 1.00 e. The number of carboxylic acids is 1. The van der Waals surface area contributed by atoms with Crippen LogP contribution in [0.2, 0.25) is 0 Å². The molecule has 0 aromatic rings. The maximum Gasteiger partial charge on any atom is 1.00 e. The molecule has 0 heterocycles. The number of rotatable bonds is 7. The molecule has 0 spiro atoms. The Labute approximate surface area is 153 Å². The zero-order chi connectivity index (χ0) is 13.3. The molecule has 1 amide bonds. The first-order valence-corrected chi connectivity index (χ1v) is 6.00. The van der Waals surface area contributed by atoms with Gasteiger partial charge in [-0.3, -0.25) is 4.79 Å². The Balaban J connectivity index is -0.00000128. The summed E-state index contributed by atoms with van der Waals surface area (Å²) >= 11 is 0. The quantitative estimate of drug-likeness (QED) is 0.496. The summed E-state index contributed by atoms with van der Waals surface area (Å²) in [6.45, 7) is 6.03. The van der Waals surface area contributed by atoms with Gasteiger partial charge in [-0.15, -0.1) is 0 Å². The number of alkyl carbamates (subject to hydrolysis) is 1. The Morgan fingerprint density at radius 2 is 1.72 bits per heavy atom. The summed E-state index contributed by atoms with van der Waals surface area (Å²) in [6, 6.07) is 0. The van der Waals surface area contributed by atoms with Crippen molar-refractivity contribution in [1.29, 1.82) is 0 Å².